The second-order valence-corrected chi connectivity index (χ2v) is 8.01. The van der Waals surface area contributed by atoms with Crippen molar-refractivity contribution in [3.63, 3.8) is 0 Å². The summed E-state index contributed by atoms with van der Waals surface area (Å²) < 4.78 is 10.9. The van der Waals surface area contributed by atoms with Crippen LogP contribution < -0.4 is 15.5 Å². The summed E-state index contributed by atoms with van der Waals surface area (Å²) in [5.74, 6) is 0.312. The van der Waals surface area contributed by atoms with E-state index >= 15 is 0 Å². The monoisotopic (exact) mass is 448 g/mol. The van der Waals surface area contributed by atoms with Crippen molar-refractivity contribution in [3.05, 3.63) is 82.7 Å². The lowest BCUT2D eigenvalue weighted by molar-refractivity contribution is -0.138. The first-order chi connectivity index (χ1) is 15.8. The first kappa shape index (κ1) is 22.1. The van der Waals surface area contributed by atoms with Gasteiger partial charge >= 0.3 is 6.03 Å². The lowest BCUT2D eigenvalue weighted by Gasteiger charge is -2.22. The van der Waals surface area contributed by atoms with E-state index in [1.54, 1.807) is 55.5 Å². The van der Waals surface area contributed by atoms with Gasteiger partial charge < -0.3 is 14.6 Å². The fourth-order valence-electron chi connectivity index (χ4n) is 3.62. The van der Waals surface area contributed by atoms with Gasteiger partial charge in [-0.3, -0.25) is 15.0 Å². The predicted octanol–water partition coefficient (Wildman–Crippen LogP) is 2.91. The SMILES string of the molecule is Cc1noc(C)c1COc1ccc(CC(=O)NN2C(=O)NC(C)(c3ccccc3)C2=O)cc1. The number of ether oxygens (including phenoxy) is 1. The molecule has 1 aliphatic rings. The minimum Gasteiger partial charge on any atom is -0.489 e. The molecule has 1 saturated heterocycles. The number of hydrogen-bond donors (Lipinski definition) is 2. The summed E-state index contributed by atoms with van der Waals surface area (Å²) in [5.41, 5.74) is 4.18. The van der Waals surface area contributed by atoms with Gasteiger partial charge in [-0.05, 0) is 44.0 Å². The van der Waals surface area contributed by atoms with Gasteiger partial charge in [-0.15, -0.1) is 0 Å². The molecule has 2 N–H and O–H groups in total. The summed E-state index contributed by atoms with van der Waals surface area (Å²) in [4.78, 5) is 37.8. The summed E-state index contributed by atoms with van der Waals surface area (Å²) in [5, 5.41) is 7.28. The standard InChI is InChI=1S/C24H24N4O5/c1-15-20(16(2)33-27-15)14-32-19-11-9-17(10-12-19)13-21(29)26-28-22(30)24(3,25-23(28)31)18-7-5-4-6-8-18/h4-12H,13-14H2,1-3H3,(H,25,31)(H,26,29). The molecule has 33 heavy (non-hydrogen) atoms. The van der Waals surface area contributed by atoms with E-state index in [9.17, 15) is 14.4 Å². The molecule has 4 rings (SSSR count). The third kappa shape index (κ3) is 4.43. The number of benzene rings is 2. The molecule has 1 unspecified atom stereocenters. The van der Waals surface area contributed by atoms with E-state index in [0.29, 0.717) is 29.2 Å². The van der Waals surface area contributed by atoms with Gasteiger partial charge in [0.15, 0.2) is 0 Å². The molecule has 1 atom stereocenters. The Morgan fingerprint density at radius 3 is 2.45 bits per heavy atom. The van der Waals surface area contributed by atoms with E-state index < -0.39 is 23.4 Å². The maximum Gasteiger partial charge on any atom is 0.344 e. The topological polar surface area (TPSA) is 114 Å². The van der Waals surface area contributed by atoms with E-state index in [1.165, 1.54) is 0 Å². The molecule has 9 heteroatoms. The summed E-state index contributed by atoms with van der Waals surface area (Å²) in [6.45, 7) is 5.61. The predicted molar refractivity (Wildman–Crippen MR) is 118 cm³/mol. The zero-order chi connectivity index (χ0) is 23.6. The van der Waals surface area contributed by atoms with Crippen LogP contribution in [0.4, 0.5) is 4.79 Å². The van der Waals surface area contributed by atoms with Gasteiger partial charge in [0.05, 0.1) is 17.7 Å². The zero-order valence-corrected chi connectivity index (χ0v) is 18.5. The number of aryl methyl sites for hydroxylation is 2. The van der Waals surface area contributed by atoms with Crippen LogP contribution in [-0.2, 0) is 28.2 Å². The average molecular weight is 448 g/mol. The van der Waals surface area contributed by atoms with Crippen LogP contribution >= 0.6 is 0 Å². The van der Waals surface area contributed by atoms with Crippen LogP contribution in [0.25, 0.3) is 0 Å². The Bertz CT molecular complexity index is 1170. The number of carbonyl (C=O) groups excluding carboxylic acids is 3. The largest absolute Gasteiger partial charge is 0.489 e. The number of nitrogens with zero attached hydrogens (tertiary/aromatic N) is 2. The number of nitrogens with one attached hydrogen (secondary N) is 2. The van der Waals surface area contributed by atoms with Crippen molar-refractivity contribution in [3.8, 4) is 5.75 Å². The molecule has 0 radical (unpaired) electrons. The van der Waals surface area contributed by atoms with Crippen LogP contribution in [0.3, 0.4) is 0 Å². The number of hydrogen-bond acceptors (Lipinski definition) is 6. The van der Waals surface area contributed by atoms with Gasteiger partial charge in [0.1, 0.15) is 23.7 Å². The minimum atomic E-state index is -1.24. The van der Waals surface area contributed by atoms with E-state index in [-0.39, 0.29) is 6.42 Å². The zero-order valence-electron chi connectivity index (χ0n) is 18.5. The molecule has 3 aromatic rings. The van der Waals surface area contributed by atoms with Crippen LogP contribution in [0, 0.1) is 13.8 Å². The summed E-state index contributed by atoms with van der Waals surface area (Å²) in [6.07, 6.45) is -0.0107. The highest BCUT2D eigenvalue weighted by molar-refractivity contribution is 6.08. The molecule has 4 amide bonds. The number of rotatable bonds is 7. The molecule has 0 spiro atoms. The minimum absolute atomic E-state index is 0.0107. The highest BCUT2D eigenvalue weighted by Crippen LogP contribution is 2.27. The molecular weight excluding hydrogens is 424 g/mol. The molecule has 9 nitrogen and oxygen atoms in total. The van der Waals surface area contributed by atoms with Crippen LogP contribution in [-0.4, -0.2) is 28.0 Å². The Hall–Kier alpha value is -4.14. The Morgan fingerprint density at radius 1 is 1.12 bits per heavy atom. The van der Waals surface area contributed by atoms with Crippen LogP contribution in [0.2, 0.25) is 0 Å². The quantitative estimate of drug-likeness (QED) is 0.537. The number of urea groups is 1. The first-order valence-electron chi connectivity index (χ1n) is 10.4. The number of amides is 4. The number of aromatic nitrogens is 1. The summed E-state index contributed by atoms with van der Waals surface area (Å²) in [7, 11) is 0. The maximum absolute atomic E-state index is 12.9. The van der Waals surface area contributed by atoms with E-state index in [2.05, 4.69) is 15.9 Å². The first-order valence-corrected chi connectivity index (χ1v) is 10.4. The second-order valence-electron chi connectivity index (χ2n) is 8.01. The Morgan fingerprint density at radius 2 is 1.82 bits per heavy atom. The van der Waals surface area contributed by atoms with Crippen LogP contribution in [0.1, 0.15) is 35.1 Å². The summed E-state index contributed by atoms with van der Waals surface area (Å²) in [6, 6.07) is 15.2. The molecule has 2 aromatic carbocycles. The van der Waals surface area contributed by atoms with E-state index in [1.807, 2.05) is 19.9 Å². The Kier molecular flexibility index (Phi) is 5.87. The van der Waals surface area contributed by atoms with Gasteiger partial charge in [-0.25, -0.2) is 4.79 Å². The molecule has 1 aliphatic heterocycles. The molecule has 170 valence electrons. The van der Waals surface area contributed by atoms with Gasteiger partial charge in [-0.2, -0.15) is 5.01 Å². The highest BCUT2D eigenvalue weighted by atomic mass is 16.5. The third-order valence-electron chi connectivity index (χ3n) is 5.63. The average Bonchev–Trinajstić information content (AvgIpc) is 3.24. The molecule has 0 aliphatic carbocycles. The van der Waals surface area contributed by atoms with Crippen molar-refractivity contribution in [1.82, 2.24) is 20.9 Å². The van der Waals surface area contributed by atoms with Crippen molar-refractivity contribution < 1.29 is 23.6 Å². The van der Waals surface area contributed by atoms with Crippen molar-refractivity contribution in [2.75, 3.05) is 0 Å². The van der Waals surface area contributed by atoms with Crippen molar-refractivity contribution >= 4 is 17.8 Å². The van der Waals surface area contributed by atoms with Crippen LogP contribution in [0.5, 0.6) is 5.75 Å². The molecule has 2 heterocycles. The number of imide groups is 1. The smallest absolute Gasteiger partial charge is 0.344 e. The normalized spacial score (nSPS) is 17.7. The van der Waals surface area contributed by atoms with Crippen molar-refractivity contribution in [2.45, 2.75) is 39.3 Å². The lowest BCUT2D eigenvalue weighted by atomic mass is 9.92. The Labute approximate surface area is 190 Å². The van der Waals surface area contributed by atoms with E-state index in [4.69, 9.17) is 9.26 Å². The number of carbonyl (C=O) groups is 3. The molecule has 1 aromatic heterocycles. The van der Waals surface area contributed by atoms with Gasteiger partial charge in [-0.1, -0.05) is 47.6 Å². The van der Waals surface area contributed by atoms with Crippen molar-refractivity contribution in [1.29, 1.82) is 0 Å². The summed E-state index contributed by atoms with van der Waals surface area (Å²) >= 11 is 0. The number of hydrazine groups is 1. The van der Waals surface area contributed by atoms with E-state index in [0.717, 1.165) is 16.3 Å². The van der Waals surface area contributed by atoms with Crippen molar-refractivity contribution in [2.24, 2.45) is 0 Å². The maximum atomic E-state index is 12.9. The van der Waals surface area contributed by atoms with Gasteiger partial charge in [0.2, 0.25) is 5.91 Å². The fraction of sp³-hybridized carbons (Fsp3) is 0.250. The van der Waals surface area contributed by atoms with Gasteiger partial charge in [0.25, 0.3) is 5.91 Å². The third-order valence-corrected chi connectivity index (χ3v) is 5.63. The molecule has 0 bridgehead atoms. The highest BCUT2D eigenvalue weighted by Gasteiger charge is 2.49. The molecule has 1 fully saturated rings. The fourth-order valence-corrected chi connectivity index (χ4v) is 3.62. The Balaban J connectivity index is 1.35. The van der Waals surface area contributed by atoms with Gasteiger partial charge in [0, 0.05) is 0 Å². The second kappa shape index (κ2) is 8.78. The van der Waals surface area contributed by atoms with Crippen LogP contribution in [0.15, 0.2) is 59.1 Å². The lowest BCUT2D eigenvalue weighted by Crippen LogP contribution is -2.48. The molecular formula is C24H24N4O5. The molecule has 0 saturated carbocycles.